The second kappa shape index (κ2) is 6.52. The Kier molecular flexibility index (Phi) is 4.47. The molecule has 0 fully saturated rings. The number of benzene rings is 1. The van der Waals surface area contributed by atoms with Crippen LogP contribution >= 0.6 is 11.8 Å². The monoisotopic (exact) mass is 316 g/mol. The summed E-state index contributed by atoms with van der Waals surface area (Å²) in [6, 6.07) is 8.52. The van der Waals surface area contributed by atoms with E-state index < -0.39 is 0 Å². The number of thioether (sulfide) groups is 1. The van der Waals surface area contributed by atoms with E-state index in [4.69, 9.17) is 0 Å². The molecule has 0 radical (unpaired) electrons. The van der Waals surface area contributed by atoms with Crippen molar-refractivity contribution < 1.29 is 4.79 Å². The van der Waals surface area contributed by atoms with E-state index in [0.717, 1.165) is 24.4 Å². The molecule has 1 aliphatic rings. The molecule has 6 heteroatoms. The second-order valence-electron chi connectivity index (χ2n) is 5.64. The molecule has 2 atom stereocenters. The van der Waals surface area contributed by atoms with E-state index in [2.05, 4.69) is 33.7 Å². The zero-order valence-electron chi connectivity index (χ0n) is 12.8. The van der Waals surface area contributed by atoms with Crippen LogP contribution in [0.1, 0.15) is 36.9 Å². The van der Waals surface area contributed by atoms with Crippen molar-refractivity contribution in [2.75, 3.05) is 0 Å². The highest BCUT2D eigenvalue weighted by Crippen LogP contribution is 2.30. The number of carbonyl (C=O) groups is 1. The summed E-state index contributed by atoms with van der Waals surface area (Å²) in [5.41, 5.74) is 2.62. The van der Waals surface area contributed by atoms with Gasteiger partial charge in [-0.1, -0.05) is 36.0 Å². The lowest BCUT2D eigenvalue weighted by Gasteiger charge is -2.27. The van der Waals surface area contributed by atoms with E-state index in [1.807, 2.05) is 24.6 Å². The largest absolute Gasteiger partial charge is 0.348 e. The number of hydrogen-bond donors (Lipinski definition) is 1. The first-order chi connectivity index (χ1) is 10.6. The van der Waals surface area contributed by atoms with Crippen molar-refractivity contribution in [3.63, 3.8) is 0 Å². The summed E-state index contributed by atoms with van der Waals surface area (Å²) in [7, 11) is 1.88. The molecular formula is C16H20N4OS. The van der Waals surface area contributed by atoms with Crippen molar-refractivity contribution in [2.45, 2.75) is 42.6 Å². The summed E-state index contributed by atoms with van der Waals surface area (Å²) in [4.78, 5) is 12.5. The predicted molar refractivity (Wildman–Crippen MR) is 86.6 cm³/mol. The van der Waals surface area contributed by atoms with Crippen molar-refractivity contribution in [3.05, 3.63) is 41.7 Å². The maximum atomic E-state index is 12.5. The molecule has 1 heterocycles. The Balaban J connectivity index is 1.66. The van der Waals surface area contributed by atoms with Gasteiger partial charge in [-0.05, 0) is 37.3 Å². The third kappa shape index (κ3) is 3.16. The molecule has 0 unspecified atom stereocenters. The minimum absolute atomic E-state index is 0.0507. The minimum Gasteiger partial charge on any atom is -0.348 e. The highest BCUT2D eigenvalue weighted by Gasteiger charge is 2.24. The van der Waals surface area contributed by atoms with Crippen molar-refractivity contribution >= 4 is 17.7 Å². The number of rotatable bonds is 4. The van der Waals surface area contributed by atoms with Crippen LogP contribution in [0.5, 0.6) is 0 Å². The Labute approximate surface area is 134 Å². The van der Waals surface area contributed by atoms with E-state index in [1.165, 1.54) is 22.9 Å². The van der Waals surface area contributed by atoms with Gasteiger partial charge in [0.2, 0.25) is 5.91 Å². The van der Waals surface area contributed by atoms with Gasteiger partial charge >= 0.3 is 0 Å². The molecule has 1 aromatic heterocycles. The van der Waals surface area contributed by atoms with E-state index >= 15 is 0 Å². The van der Waals surface area contributed by atoms with Gasteiger partial charge in [0.05, 0.1) is 11.3 Å². The van der Waals surface area contributed by atoms with Crippen molar-refractivity contribution in [2.24, 2.45) is 7.05 Å². The van der Waals surface area contributed by atoms with Gasteiger partial charge in [-0.2, -0.15) is 0 Å². The van der Waals surface area contributed by atoms with Crippen LogP contribution in [0.25, 0.3) is 0 Å². The van der Waals surface area contributed by atoms with Gasteiger partial charge in [0.25, 0.3) is 0 Å². The van der Waals surface area contributed by atoms with Crippen LogP contribution in [0.15, 0.2) is 35.7 Å². The van der Waals surface area contributed by atoms with Crippen LogP contribution in [0, 0.1) is 0 Å². The quantitative estimate of drug-likeness (QED) is 0.881. The summed E-state index contributed by atoms with van der Waals surface area (Å²) in [6.07, 6.45) is 4.87. The van der Waals surface area contributed by atoms with Crippen LogP contribution in [0.4, 0.5) is 0 Å². The predicted octanol–water partition coefficient (Wildman–Crippen LogP) is 2.49. The zero-order valence-corrected chi connectivity index (χ0v) is 13.6. The average molecular weight is 316 g/mol. The normalized spacial score (nSPS) is 18.5. The van der Waals surface area contributed by atoms with E-state index in [9.17, 15) is 4.79 Å². The standard InChI is InChI=1S/C16H20N4OS/c1-11(22-16-19-17-10-20(16)2)15(21)18-14-9-5-7-12-6-3-4-8-13(12)14/h3-4,6,8,10-11,14H,5,7,9H2,1-2H3,(H,18,21)/t11-,14+/m0/s1. The van der Waals surface area contributed by atoms with Crippen LogP contribution < -0.4 is 5.32 Å². The molecule has 3 rings (SSSR count). The Bertz CT molecular complexity index is 670. The van der Waals surface area contributed by atoms with Crippen molar-refractivity contribution in [1.82, 2.24) is 20.1 Å². The van der Waals surface area contributed by atoms with Gasteiger partial charge < -0.3 is 9.88 Å². The first-order valence-electron chi connectivity index (χ1n) is 7.54. The molecule has 0 aliphatic heterocycles. The first kappa shape index (κ1) is 15.1. The van der Waals surface area contributed by atoms with Gasteiger partial charge in [-0.15, -0.1) is 10.2 Å². The Hall–Kier alpha value is -1.82. The number of aromatic nitrogens is 3. The number of carbonyl (C=O) groups excluding carboxylic acids is 1. The summed E-state index contributed by atoms with van der Waals surface area (Å²) < 4.78 is 1.82. The number of aryl methyl sites for hydroxylation is 2. The third-order valence-electron chi connectivity index (χ3n) is 4.01. The van der Waals surface area contributed by atoms with Crippen LogP contribution in [0.2, 0.25) is 0 Å². The molecule has 5 nitrogen and oxygen atoms in total. The molecule has 1 aliphatic carbocycles. The fourth-order valence-corrected chi connectivity index (χ4v) is 3.58. The lowest BCUT2D eigenvalue weighted by molar-refractivity contribution is -0.121. The topological polar surface area (TPSA) is 59.8 Å². The molecule has 0 bridgehead atoms. The molecule has 116 valence electrons. The number of hydrogen-bond acceptors (Lipinski definition) is 4. The lowest BCUT2D eigenvalue weighted by Crippen LogP contribution is -2.36. The molecule has 1 aromatic carbocycles. The SMILES string of the molecule is C[C@H](Sc1nncn1C)C(=O)N[C@@H]1CCCc2ccccc21. The zero-order chi connectivity index (χ0) is 15.5. The molecular weight excluding hydrogens is 296 g/mol. The summed E-state index contributed by atoms with van der Waals surface area (Å²) >= 11 is 1.43. The molecule has 0 spiro atoms. The van der Waals surface area contributed by atoms with Crippen LogP contribution in [-0.4, -0.2) is 25.9 Å². The van der Waals surface area contributed by atoms with Crippen molar-refractivity contribution in [1.29, 1.82) is 0 Å². The fourth-order valence-electron chi connectivity index (χ4n) is 2.78. The number of nitrogens with zero attached hydrogens (tertiary/aromatic N) is 3. The van der Waals surface area contributed by atoms with E-state index in [-0.39, 0.29) is 17.2 Å². The molecule has 0 saturated carbocycles. The summed E-state index contributed by atoms with van der Waals surface area (Å²) in [5.74, 6) is 0.0507. The average Bonchev–Trinajstić information content (AvgIpc) is 2.93. The molecule has 1 amide bonds. The van der Waals surface area contributed by atoms with Gasteiger partial charge in [0, 0.05) is 7.05 Å². The summed E-state index contributed by atoms with van der Waals surface area (Å²) in [5, 5.41) is 11.6. The molecule has 22 heavy (non-hydrogen) atoms. The van der Waals surface area contributed by atoms with Crippen molar-refractivity contribution in [3.8, 4) is 0 Å². The van der Waals surface area contributed by atoms with E-state index in [0.29, 0.717) is 0 Å². The maximum Gasteiger partial charge on any atom is 0.233 e. The van der Waals surface area contributed by atoms with Gasteiger partial charge in [-0.25, -0.2) is 0 Å². The van der Waals surface area contributed by atoms with Crippen LogP contribution in [0.3, 0.4) is 0 Å². The summed E-state index contributed by atoms with van der Waals surface area (Å²) in [6.45, 7) is 1.91. The molecule has 1 N–H and O–H groups in total. The maximum absolute atomic E-state index is 12.5. The Morgan fingerprint density at radius 2 is 2.27 bits per heavy atom. The Morgan fingerprint density at radius 3 is 3.05 bits per heavy atom. The smallest absolute Gasteiger partial charge is 0.233 e. The van der Waals surface area contributed by atoms with Gasteiger partial charge in [-0.3, -0.25) is 4.79 Å². The number of fused-ring (bicyclic) bond motifs is 1. The highest BCUT2D eigenvalue weighted by atomic mass is 32.2. The highest BCUT2D eigenvalue weighted by molar-refractivity contribution is 8.00. The van der Waals surface area contributed by atoms with Gasteiger partial charge in [0.15, 0.2) is 5.16 Å². The molecule has 0 saturated heterocycles. The van der Waals surface area contributed by atoms with Gasteiger partial charge in [0.1, 0.15) is 6.33 Å². The first-order valence-corrected chi connectivity index (χ1v) is 8.42. The number of nitrogens with one attached hydrogen (secondary N) is 1. The minimum atomic E-state index is -0.197. The number of amides is 1. The fraction of sp³-hybridized carbons (Fsp3) is 0.438. The van der Waals surface area contributed by atoms with E-state index in [1.54, 1.807) is 6.33 Å². The van der Waals surface area contributed by atoms with Crippen LogP contribution in [-0.2, 0) is 18.3 Å². The lowest BCUT2D eigenvalue weighted by atomic mass is 9.88. The second-order valence-corrected chi connectivity index (χ2v) is 6.94. The third-order valence-corrected chi connectivity index (χ3v) is 5.16. The molecule has 2 aromatic rings. The Morgan fingerprint density at radius 1 is 1.45 bits per heavy atom.